The summed E-state index contributed by atoms with van der Waals surface area (Å²) < 4.78 is 11.0. The molecule has 2 aliphatic carbocycles. The molecule has 0 radical (unpaired) electrons. The maximum absolute atomic E-state index is 14.6. The average Bonchev–Trinajstić information content (AvgIpc) is 3.33. The molecule has 0 amide bonds. The Morgan fingerprint density at radius 2 is 1.72 bits per heavy atom. The van der Waals surface area contributed by atoms with Gasteiger partial charge in [0.1, 0.15) is 0 Å². The highest BCUT2D eigenvalue weighted by Crippen LogP contribution is 2.66. The summed E-state index contributed by atoms with van der Waals surface area (Å²) in [6.45, 7) is 10.8. The van der Waals surface area contributed by atoms with Gasteiger partial charge in [0, 0.05) is 24.1 Å². The molecule has 0 N–H and O–H groups in total. The summed E-state index contributed by atoms with van der Waals surface area (Å²) >= 11 is 0. The molecule has 2 saturated carbocycles. The zero-order valence-corrected chi connectivity index (χ0v) is 22.4. The van der Waals surface area contributed by atoms with Crippen molar-refractivity contribution in [3.8, 4) is 0 Å². The summed E-state index contributed by atoms with van der Waals surface area (Å²) in [5.41, 5.74) is -0.444. The van der Waals surface area contributed by atoms with Crippen LogP contribution >= 0.6 is 0 Å². The number of nitrogens with zero attached hydrogens (tertiary/aromatic N) is 1. The lowest BCUT2D eigenvalue weighted by Crippen LogP contribution is -2.62. The van der Waals surface area contributed by atoms with Gasteiger partial charge in [0.15, 0.2) is 11.2 Å². The molecule has 4 aliphatic rings. The largest absolute Gasteiger partial charge is 0.465 e. The van der Waals surface area contributed by atoms with E-state index >= 15 is 0 Å². The van der Waals surface area contributed by atoms with Crippen molar-refractivity contribution >= 4 is 17.7 Å². The van der Waals surface area contributed by atoms with Crippen LogP contribution in [0.15, 0.2) is 24.3 Å². The molecule has 1 saturated heterocycles. The first kappa shape index (κ1) is 25.4. The van der Waals surface area contributed by atoms with Crippen molar-refractivity contribution in [2.75, 3.05) is 13.2 Å². The summed E-state index contributed by atoms with van der Waals surface area (Å²) in [6.07, 6.45) is 4.64. The van der Waals surface area contributed by atoms with Crippen LogP contribution in [0.1, 0.15) is 95.1 Å². The Labute approximate surface area is 215 Å². The fourth-order valence-corrected chi connectivity index (χ4v) is 8.18. The van der Waals surface area contributed by atoms with Gasteiger partial charge in [0.2, 0.25) is 0 Å². The molecular weight excluding hydrogens is 454 g/mol. The third-order valence-electron chi connectivity index (χ3n) is 9.93. The molecule has 2 bridgehead atoms. The van der Waals surface area contributed by atoms with Crippen molar-refractivity contribution in [1.82, 2.24) is 4.90 Å². The van der Waals surface area contributed by atoms with Crippen molar-refractivity contribution in [3.05, 3.63) is 35.4 Å². The number of ether oxygens (including phenoxy) is 2. The zero-order valence-electron chi connectivity index (χ0n) is 22.4. The zero-order chi connectivity index (χ0) is 25.8. The quantitative estimate of drug-likeness (QED) is 0.391. The van der Waals surface area contributed by atoms with Crippen molar-refractivity contribution in [3.63, 3.8) is 0 Å². The minimum atomic E-state index is -1.43. The van der Waals surface area contributed by atoms with Gasteiger partial charge in [-0.2, -0.15) is 0 Å². The molecule has 196 valence electrons. The van der Waals surface area contributed by atoms with Crippen LogP contribution in [0, 0.1) is 29.1 Å². The van der Waals surface area contributed by atoms with Crippen LogP contribution < -0.4 is 0 Å². The van der Waals surface area contributed by atoms with Crippen LogP contribution in [-0.4, -0.2) is 47.4 Å². The van der Waals surface area contributed by atoms with E-state index in [2.05, 4.69) is 31.7 Å². The number of esters is 2. The standard InChI is InChI=1S/C30H41NO5/c1-6-35-27(33)29(28(34)36-7-2)16-21-15-25-22-10-8-9-11-23(22)26(32)30(21,17-29)31(25)24-14-20(18(3)4)13-12-19(24)5/h8-11,18-21,24-25H,6-7,12-17H2,1-5H3/t19-,20-,21+,24-,25+,30-/m1/s1. The Balaban J connectivity index is 1.65. The van der Waals surface area contributed by atoms with Crippen molar-refractivity contribution in [2.45, 2.75) is 90.8 Å². The minimum Gasteiger partial charge on any atom is -0.465 e. The van der Waals surface area contributed by atoms with E-state index in [0.717, 1.165) is 30.4 Å². The fraction of sp³-hybridized carbons (Fsp3) is 0.700. The Hall–Kier alpha value is -2.21. The number of carbonyl (C=O) groups excluding carboxylic acids is 3. The summed E-state index contributed by atoms with van der Waals surface area (Å²) in [6, 6.07) is 8.36. The maximum atomic E-state index is 14.6. The summed E-state index contributed by atoms with van der Waals surface area (Å²) in [4.78, 5) is 44.0. The molecule has 0 aromatic heterocycles. The Bertz CT molecular complexity index is 1030. The first-order chi connectivity index (χ1) is 17.2. The number of fused-ring (bicyclic) bond motifs is 3. The maximum Gasteiger partial charge on any atom is 0.323 e. The summed E-state index contributed by atoms with van der Waals surface area (Å²) in [5.74, 6) is 0.541. The number of rotatable bonds is 6. The molecule has 0 unspecified atom stereocenters. The number of hydrogen-bond acceptors (Lipinski definition) is 6. The van der Waals surface area contributed by atoms with Crippen LogP contribution in [0.5, 0.6) is 0 Å². The van der Waals surface area contributed by atoms with E-state index in [4.69, 9.17) is 9.47 Å². The SMILES string of the molecule is CCOC(=O)C1(C(=O)OCC)C[C@@H]2C[C@H]3c4ccccc4C(=O)[C@]2(C1)N3[C@@H]1C[C@H](C(C)C)CC[C@H]1C. The molecule has 5 rings (SSSR count). The van der Waals surface area contributed by atoms with E-state index < -0.39 is 22.9 Å². The van der Waals surface area contributed by atoms with Gasteiger partial charge < -0.3 is 9.47 Å². The van der Waals surface area contributed by atoms with Gasteiger partial charge in [-0.25, -0.2) is 0 Å². The normalized spacial score (nSPS) is 34.8. The highest BCUT2D eigenvalue weighted by Gasteiger charge is 2.74. The predicted molar refractivity (Wildman–Crippen MR) is 136 cm³/mol. The fourth-order valence-electron chi connectivity index (χ4n) is 8.18. The monoisotopic (exact) mass is 495 g/mol. The third-order valence-corrected chi connectivity index (χ3v) is 9.93. The second kappa shape index (κ2) is 9.27. The van der Waals surface area contributed by atoms with Crippen LogP contribution in [0.4, 0.5) is 0 Å². The molecule has 1 aromatic carbocycles. The molecule has 6 nitrogen and oxygen atoms in total. The van der Waals surface area contributed by atoms with Gasteiger partial charge in [-0.05, 0) is 75.2 Å². The van der Waals surface area contributed by atoms with Crippen LogP contribution in [0.3, 0.4) is 0 Å². The number of Topliss-reactive ketones (excluding diaryl/α,β-unsaturated/α-hetero) is 1. The van der Waals surface area contributed by atoms with E-state index in [1.165, 1.54) is 6.42 Å². The van der Waals surface area contributed by atoms with Gasteiger partial charge in [-0.15, -0.1) is 0 Å². The van der Waals surface area contributed by atoms with Crippen LogP contribution in [0.2, 0.25) is 0 Å². The van der Waals surface area contributed by atoms with Gasteiger partial charge >= 0.3 is 11.9 Å². The Kier molecular flexibility index (Phi) is 6.55. The molecule has 3 fully saturated rings. The van der Waals surface area contributed by atoms with E-state index in [1.54, 1.807) is 13.8 Å². The molecule has 2 aliphatic heterocycles. The Morgan fingerprint density at radius 3 is 2.36 bits per heavy atom. The highest BCUT2D eigenvalue weighted by molar-refractivity contribution is 6.10. The van der Waals surface area contributed by atoms with Crippen molar-refractivity contribution in [2.24, 2.45) is 29.1 Å². The van der Waals surface area contributed by atoms with Gasteiger partial charge in [-0.1, -0.05) is 45.0 Å². The van der Waals surface area contributed by atoms with Crippen LogP contribution in [-0.2, 0) is 19.1 Å². The third kappa shape index (κ3) is 3.50. The van der Waals surface area contributed by atoms with Crippen molar-refractivity contribution < 1.29 is 23.9 Å². The lowest BCUT2D eigenvalue weighted by atomic mass is 9.70. The molecule has 2 heterocycles. The Morgan fingerprint density at radius 1 is 1.06 bits per heavy atom. The first-order valence-electron chi connectivity index (χ1n) is 14.0. The lowest BCUT2D eigenvalue weighted by Gasteiger charge is -2.53. The van der Waals surface area contributed by atoms with Gasteiger partial charge in [0.25, 0.3) is 0 Å². The van der Waals surface area contributed by atoms with E-state index in [-0.39, 0.29) is 43.4 Å². The molecular formula is C30H41NO5. The first-order valence-corrected chi connectivity index (χ1v) is 14.0. The smallest absolute Gasteiger partial charge is 0.323 e. The van der Waals surface area contributed by atoms with Crippen LogP contribution in [0.25, 0.3) is 0 Å². The number of benzene rings is 1. The van der Waals surface area contributed by atoms with E-state index in [0.29, 0.717) is 24.2 Å². The second-order valence-corrected chi connectivity index (χ2v) is 12.0. The topological polar surface area (TPSA) is 72.9 Å². The number of hydrogen-bond donors (Lipinski definition) is 0. The highest BCUT2D eigenvalue weighted by atomic mass is 16.6. The second-order valence-electron chi connectivity index (χ2n) is 12.0. The molecule has 6 heteroatoms. The van der Waals surface area contributed by atoms with Crippen molar-refractivity contribution in [1.29, 1.82) is 0 Å². The molecule has 1 aromatic rings. The lowest BCUT2D eigenvalue weighted by molar-refractivity contribution is -0.173. The molecule has 1 spiro atoms. The number of carbonyl (C=O) groups is 3. The average molecular weight is 496 g/mol. The molecule has 6 atom stereocenters. The van der Waals surface area contributed by atoms with E-state index in [1.807, 2.05) is 18.2 Å². The van der Waals surface area contributed by atoms with Gasteiger partial charge in [-0.3, -0.25) is 19.3 Å². The van der Waals surface area contributed by atoms with E-state index in [9.17, 15) is 14.4 Å². The molecule has 36 heavy (non-hydrogen) atoms. The summed E-state index contributed by atoms with van der Waals surface area (Å²) in [7, 11) is 0. The predicted octanol–water partition coefficient (Wildman–Crippen LogP) is 5.35. The van der Waals surface area contributed by atoms with Gasteiger partial charge in [0.05, 0.1) is 18.8 Å². The number of ketones is 1. The minimum absolute atomic E-state index is 0.0752. The summed E-state index contributed by atoms with van der Waals surface area (Å²) in [5, 5.41) is 0.